The van der Waals surface area contributed by atoms with Crippen LogP contribution < -0.4 is 16.3 Å². The number of rotatable bonds is 5. The second-order valence-corrected chi connectivity index (χ2v) is 11.1. The van der Waals surface area contributed by atoms with Gasteiger partial charge in [0.1, 0.15) is 21.6 Å². The van der Waals surface area contributed by atoms with E-state index < -0.39 is 50.1 Å². The van der Waals surface area contributed by atoms with Gasteiger partial charge in [-0.1, -0.05) is 43.6 Å². The number of anilines is 2. The number of benzene rings is 1. The normalized spacial score (nSPS) is 13.7. The van der Waals surface area contributed by atoms with Crippen LogP contribution in [0.3, 0.4) is 0 Å². The van der Waals surface area contributed by atoms with Crippen molar-refractivity contribution in [2.24, 2.45) is 0 Å². The molecule has 1 aromatic carbocycles. The molecule has 1 saturated heterocycles. The van der Waals surface area contributed by atoms with Crippen LogP contribution >= 0.6 is 23.2 Å². The average Bonchev–Trinajstić information content (AvgIpc) is 2.99. The standard InChI is InChI=1S/C29H26Cl2F3N7O2/c1-5-17(42)39-8-10-40(11-9-39)27-15-12-16(32)25(18-21(33)19(30)22(34)20(31)23(18)35)37-28(15)41(29(43)38-27)26-14(4)6-7-36-24(26)13(2)3/h5-7,12-13H,1,8-11,35H2,2-4H3. The molecule has 1 fully saturated rings. The third-order valence-corrected chi connectivity index (χ3v) is 8.03. The number of aromatic nitrogens is 4. The lowest BCUT2D eigenvalue weighted by atomic mass is 10.0. The third-order valence-electron chi connectivity index (χ3n) is 7.33. The molecule has 43 heavy (non-hydrogen) atoms. The van der Waals surface area contributed by atoms with E-state index in [0.29, 0.717) is 30.0 Å². The van der Waals surface area contributed by atoms with E-state index in [4.69, 9.17) is 28.9 Å². The second-order valence-electron chi connectivity index (χ2n) is 10.3. The summed E-state index contributed by atoms with van der Waals surface area (Å²) in [6.07, 6.45) is 2.82. The molecular weight excluding hydrogens is 606 g/mol. The first-order chi connectivity index (χ1) is 20.4. The van der Waals surface area contributed by atoms with Crippen LogP contribution in [0.25, 0.3) is 28.0 Å². The summed E-state index contributed by atoms with van der Waals surface area (Å²) in [7, 11) is 0. The number of nitrogens with zero attached hydrogens (tertiary/aromatic N) is 6. The monoisotopic (exact) mass is 631 g/mol. The Balaban J connectivity index is 1.85. The number of pyridine rings is 2. The topological polar surface area (TPSA) is 110 Å². The Morgan fingerprint density at radius 1 is 1.09 bits per heavy atom. The highest BCUT2D eigenvalue weighted by Gasteiger charge is 2.30. The van der Waals surface area contributed by atoms with Crippen molar-refractivity contribution in [2.75, 3.05) is 36.8 Å². The van der Waals surface area contributed by atoms with Crippen LogP contribution in [-0.4, -0.2) is 56.5 Å². The molecule has 0 spiro atoms. The lowest BCUT2D eigenvalue weighted by Crippen LogP contribution is -2.49. The highest BCUT2D eigenvalue weighted by atomic mass is 35.5. The van der Waals surface area contributed by atoms with E-state index in [0.717, 1.165) is 6.07 Å². The first-order valence-electron chi connectivity index (χ1n) is 13.2. The second kappa shape index (κ2) is 11.5. The van der Waals surface area contributed by atoms with E-state index in [1.807, 2.05) is 13.8 Å². The summed E-state index contributed by atoms with van der Waals surface area (Å²) in [4.78, 5) is 42.5. The van der Waals surface area contributed by atoms with E-state index in [1.54, 1.807) is 29.0 Å². The Morgan fingerprint density at radius 3 is 2.40 bits per heavy atom. The third kappa shape index (κ3) is 5.08. The van der Waals surface area contributed by atoms with Crippen LogP contribution in [0.1, 0.15) is 31.0 Å². The predicted molar refractivity (Wildman–Crippen MR) is 160 cm³/mol. The zero-order valence-electron chi connectivity index (χ0n) is 23.4. The van der Waals surface area contributed by atoms with Crippen LogP contribution in [0.2, 0.25) is 10.0 Å². The van der Waals surface area contributed by atoms with Gasteiger partial charge in [0.05, 0.1) is 28.0 Å². The Kier molecular flexibility index (Phi) is 8.10. The lowest BCUT2D eigenvalue weighted by Gasteiger charge is -2.35. The fourth-order valence-corrected chi connectivity index (χ4v) is 5.58. The van der Waals surface area contributed by atoms with Crippen LogP contribution in [-0.2, 0) is 4.79 Å². The van der Waals surface area contributed by atoms with Crippen LogP contribution in [0.15, 0.2) is 35.8 Å². The summed E-state index contributed by atoms with van der Waals surface area (Å²) >= 11 is 11.8. The molecule has 1 amide bonds. The quantitative estimate of drug-likeness (QED) is 0.136. The number of amides is 1. The SMILES string of the molecule is C=CC(=O)N1CCN(c2nc(=O)n(-c3c(C)ccnc3C(C)C)c3nc(-c4c(N)c(Cl)c(F)c(Cl)c4F)c(F)cc23)CC1. The number of fused-ring (bicyclic) bond motifs is 1. The molecule has 2 N–H and O–H groups in total. The van der Waals surface area contributed by atoms with Crippen molar-refractivity contribution in [2.45, 2.75) is 26.7 Å². The molecule has 1 aliphatic heterocycles. The summed E-state index contributed by atoms with van der Waals surface area (Å²) < 4.78 is 46.9. The minimum Gasteiger partial charge on any atom is -0.397 e. The molecule has 0 bridgehead atoms. The molecule has 0 unspecified atom stereocenters. The average molecular weight is 632 g/mol. The van der Waals surface area contributed by atoms with Crippen LogP contribution in [0.5, 0.6) is 0 Å². The van der Waals surface area contributed by atoms with E-state index in [2.05, 4.69) is 21.5 Å². The molecule has 5 rings (SSSR count). The molecule has 9 nitrogen and oxygen atoms in total. The number of halogens is 5. The van der Waals surface area contributed by atoms with Crippen molar-refractivity contribution >= 4 is 51.6 Å². The number of nitrogens with two attached hydrogens (primary N) is 1. The van der Waals surface area contributed by atoms with Gasteiger partial charge in [0, 0.05) is 32.4 Å². The van der Waals surface area contributed by atoms with E-state index >= 15 is 8.78 Å². The molecule has 0 atom stereocenters. The molecule has 1 aliphatic rings. The van der Waals surface area contributed by atoms with Crippen molar-refractivity contribution in [3.8, 4) is 16.9 Å². The molecular formula is C29H26Cl2F3N7O2. The highest BCUT2D eigenvalue weighted by Crippen LogP contribution is 2.42. The van der Waals surface area contributed by atoms with Crippen molar-refractivity contribution in [1.82, 2.24) is 24.4 Å². The van der Waals surface area contributed by atoms with Crippen LogP contribution in [0, 0.1) is 24.4 Å². The van der Waals surface area contributed by atoms with Gasteiger partial charge in [0.15, 0.2) is 23.1 Å². The Labute approximate surface area is 254 Å². The van der Waals surface area contributed by atoms with Gasteiger partial charge in [0.2, 0.25) is 5.91 Å². The molecule has 4 heterocycles. The minimum atomic E-state index is -1.36. The first-order valence-corrected chi connectivity index (χ1v) is 14.0. The van der Waals surface area contributed by atoms with Gasteiger partial charge >= 0.3 is 5.69 Å². The smallest absolute Gasteiger partial charge is 0.355 e. The van der Waals surface area contributed by atoms with Gasteiger partial charge in [0.25, 0.3) is 0 Å². The van der Waals surface area contributed by atoms with Crippen molar-refractivity contribution < 1.29 is 18.0 Å². The van der Waals surface area contributed by atoms with Gasteiger partial charge in [-0.2, -0.15) is 4.98 Å². The number of hydrogen-bond donors (Lipinski definition) is 1. The fraction of sp³-hybridized carbons (Fsp3) is 0.276. The van der Waals surface area contributed by atoms with Gasteiger partial charge in [-0.05, 0) is 36.6 Å². The van der Waals surface area contributed by atoms with E-state index in [1.165, 1.54) is 10.6 Å². The number of aryl methyl sites for hydroxylation is 1. The summed E-state index contributed by atoms with van der Waals surface area (Å²) in [6.45, 7) is 10.2. The van der Waals surface area contributed by atoms with Gasteiger partial charge in [-0.3, -0.25) is 9.78 Å². The predicted octanol–water partition coefficient (Wildman–Crippen LogP) is 5.42. The summed E-state index contributed by atoms with van der Waals surface area (Å²) in [6, 6.07) is 2.76. The van der Waals surface area contributed by atoms with Crippen molar-refractivity contribution in [1.29, 1.82) is 0 Å². The number of piperazine rings is 1. The maximum atomic E-state index is 15.9. The van der Waals surface area contributed by atoms with E-state index in [9.17, 15) is 14.0 Å². The summed E-state index contributed by atoms with van der Waals surface area (Å²) in [5.41, 5.74) is 4.78. The molecule has 0 radical (unpaired) electrons. The van der Waals surface area contributed by atoms with Crippen molar-refractivity contribution in [3.05, 3.63) is 80.2 Å². The van der Waals surface area contributed by atoms with Crippen LogP contribution in [0.4, 0.5) is 24.7 Å². The molecule has 4 aromatic rings. The fourth-order valence-electron chi connectivity index (χ4n) is 5.16. The zero-order valence-corrected chi connectivity index (χ0v) is 24.9. The maximum Gasteiger partial charge on any atom is 0.355 e. The first kappa shape index (κ1) is 30.3. The maximum absolute atomic E-state index is 15.9. The lowest BCUT2D eigenvalue weighted by molar-refractivity contribution is -0.126. The summed E-state index contributed by atoms with van der Waals surface area (Å²) in [5.74, 6) is -3.97. The molecule has 3 aromatic heterocycles. The Morgan fingerprint density at radius 2 is 1.77 bits per heavy atom. The molecule has 14 heteroatoms. The van der Waals surface area contributed by atoms with Crippen molar-refractivity contribution in [3.63, 3.8) is 0 Å². The van der Waals surface area contributed by atoms with E-state index in [-0.39, 0.29) is 41.8 Å². The number of nitrogen functional groups attached to an aromatic ring is 1. The van der Waals surface area contributed by atoms with Gasteiger partial charge in [-0.25, -0.2) is 27.5 Å². The Hall–Kier alpha value is -4.16. The molecule has 0 aliphatic carbocycles. The zero-order chi connectivity index (χ0) is 31.3. The van der Waals surface area contributed by atoms with Gasteiger partial charge < -0.3 is 15.5 Å². The molecule has 0 saturated carbocycles. The Bertz CT molecular complexity index is 1840. The minimum absolute atomic E-state index is 0.0793. The van der Waals surface area contributed by atoms with Gasteiger partial charge in [-0.15, -0.1) is 0 Å². The largest absolute Gasteiger partial charge is 0.397 e. The number of carbonyl (C=O) groups excluding carboxylic acids is 1. The molecule has 224 valence electrons. The summed E-state index contributed by atoms with van der Waals surface area (Å²) in [5, 5.41) is -1.56. The number of carbonyl (C=O) groups is 1. The number of hydrogen-bond acceptors (Lipinski definition) is 7. The highest BCUT2D eigenvalue weighted by molar-refractivity contribution is 6.37.